The van der Waals surface area contributed by atoms with E-state index in [9.17, 15) is 19.5 Å². The number of aliphatic carboxylic acids is 1. The van der Waals surface area contributed by atoms with Crippen LogP contribution in [0.1, 0.15) is 79.1 Å². The number of carbonyl (C=O) groups is 3. The molecule has 0 aromatic rings. The molecule has 0 aliphatic rings. The molecule has 0 rings (SSSR count). The highest BCUT2D eigenvalue weighted by Gasteiger charge is 2.29. The molecule has 0 spiro atoms. The number of carboxylic acid groups (broad SMARTS) is 1. The molecule has 3 atom stereocenters. The Morgan fingerprint density at radius 1 is 0.885 bits per heavy atom. The minimum absolute atomic E-state index is 0.174. The second-order valence-corrected chi connectivity index (χ2v) is 7.23. The Morgan fingerprint density at radius 2 is 1.42 bits per heavy atom. The van der Waals surface area contributed by atoms with Crippen LogP contribution in [-0.2, 0) is 14.4 Å². The van der Waals surface area contributed by atoms with Crippen LogP contribution >= 0.6 is 0 Å². The van der Waals surface area contributed by atoms with Crippen molar-refractivity contribution in [2.75, 3.05) is 0 Å². The van der Waals surface area contributed by atoms with E-state index in [1.54, 1.807) is 13.8 Å². The van der Waals surface area contributed by atoms with E-state index in [0.717, 1.165) is 38.5 Å². The Labute approximate surface area is 157 Å². The van der Waals surface area contributed by atoms with Gasteiger partial charge in [-0.25, -0.2) is 4.79 Å². The van der Waals surface area contributed by atoms with Crippen molar-refractivity contribution in [1.82, 2.24) is 10.6 Å². The first-order valence-corrected chi connectivity index (χ1v) is 9.83. The smallest absolute Gasteiger partial charge is 0.326 e. The number of carbonyl (C=O) groups excluding carboxylic acids is 2. The first-order valence-electron chi connectivity index (χ1n) is 9.83. The standard InChI is InChI=1S/C19H37N3O4/c1-5-7-9-11-14(20)17(23)22-16(13(3)4)18(24)21-15(19(25)26)12-10-8-6-2/h13-16H,5-12,20H2,1-4H3,(H,21,24)(H,22,23)(H,25,26). The molecule has 0 aromatic heterocycles. The molecule has 0 saturated heterocycles. The van der Waals surface area contributed by atoms with Crippen LogP contribution in [0, 0.1) is 5.92 Å². The molecule has 0 aliphatic heterocycles. The van der Waals surface area contributed by atoms with Crippen molar-refractivity contribution in [3.8, 4) is 0 Å². The van der Waals surface area contributed by atoms with E-state index < -0.39 is 30.0 Å². The van der Waals surface area contributed by atoms with Crippen LogP contribution in [0.3, 0.4) is 0 Å². The van der Waals surface area contributed by atoms with Crippen molar-refractivity contribution in [3.63, 3.8) is 0 Å². The zero-order chi connectivity index (χ0) is 20.1. The molecule has 7 nitrogen and oxygen atoms in total. The van der Waals surface area contributed by atoms with Crippen LogP contribution in [0.5, 0.6) is 0 Å². The molecule has 0 bridgehead atoms. The Bertz CT molecular complexity index is 441. The van der Waals surface area contributed by atoms with Crippen LogP contribution in [0.4, 0.5) is 0 Å². The van der Waals surface area contributed by atoms with E-state index >= 15 is 0 Å². The number of hydrogen-bond acceptors (Lipinski definition) is 4. The number of amides is 2. The number of nitrogens with one attached hydrogen (secondary N) is 2. The first-order chi connectivity index (χ1) is 12.2. The fourth-order valence-electron chi connectivity index (χ4n) is 2.66. The molecule has 0 heterocycles. The summed E-state index contributed by atoms with van der Waals surface area (Å²) < 4.78 is 0. The molecular weight excluding hydrogens is 334 g/mol. The molecule has 5 N–H and O–H groups in total. The molecule has 2 amide bonds. The molecule has 0 aromatic carbocycles. The summed E-state index contributed by atoms with van der Waals surface area (Å²) >= 11 is 0. The summed E-state index contributed by atoms with van der Waals surface area (Å²) in [6, 6.07) is -2.39. The van der Waals surface area contributed by atoms with Gasteiger partial charge in [0.25, 0.3) is 0 Å². The predicted molar refractivity (Wildman–Crippen MR) is 103 cm³/mol. The third kappa shape index (κ3) is 9.75. The van der Waals surface area contributed by atoms with E-state index in [-0.39, 0.29) is 11.8 Å². The van der Waals surface area contributed by atoms with Gasteiger partial charge in [-0.2, -0.15) is 0 Å². The number of unbranched alkanes of at least 4 members (excludes halogenated alkanes) is 4. The van der Waals surface area contributed by atoms with E-state index in [0.29, 0.717) is 12.8 Å². The van der Waals surface area contributed by atoms with Gasteiger partial charge in [-0.1, -0.05) is 66.2 Å². The van der Waals surface area contributed by atoms with Crippen LogP contribution in [0.25, 0.3) is 0 Å². The quantitative estimate of drug-likeness (QED) is 0.349. The normalized spacial score (nSPS) is 14.5. The maximum atomic E-state index is 12.5. The van der Waals surface area contributed by atoms with Gasteiger partial charge >= 0.3 is 5.97 Å². The Kier molecular flexibility index (Phi) is 12.7. The molecule has 0 fully saturated rings. The topological polar surface area (TPSA) is 122 Å². The summed E-state index contributed by atoms with van der Waals surface area (Å²) in [7, 11) is 0. The third-order valence-corrected chi connectivity index (χ3v) is 4.41. The van der Waals surface area contributed by atoms with Crippen molar-refractivity contribution in [2.45, 2.75) is 97.2 Å². The van der Waals surface area contributed by atoms with Gasteiger partial charge in [0.15, 0.2) is 0 Å². The summed E-state index contributed by atoms with van der Waals surface area (Å²) in [5.41, 5.74) is 5.90. The second-order valence-electron chi connectivity index (χ2n) is 7.23. The largest absolute Gasteiger partial charge is 0.480 e. The van der Waals surface area contributed by atoms with E-state index in [2.05, 4.69) is 17.6 Å². The van der Waals surface area contributed by atoms with Gasteiger partial charge in [-0.05, 0) is 18.8 Å². The minimum Gasteiger partial charge on any atom is -0.480 e. The minimum atomic E-state index is -1.06. The van der Waals surface area contributed by atoms with Crippen molar-refractivity contribution in [1.29, 1.82) is 0 Å². The lowest BCUT2D eigenvalue weighted by Crippen LogP contribution is -2.56. The van der Waals surface area contributed by atoms with Gasteiger partial charge in [0.2, 0.25) is 11.8 Å². The highest BCUT2D eigenvalue weighted by atomic mass is 16.4. The van der Waals surface area contributed by atoms with Gasteiger partial charge in [0.1, 0.15) is 12.1 Å². The Morgan fingerprint density at radius 3 is 1.88 bits per heavy atom. The second kappa shape index (κ2) is 13.6. The first kappa shape index (κ1) is 24.4. The molecule has 0 radical (unpaired) electrons. The number of nitrogens with two attached hydrogens (primary N) is 1. The fourth-order valence-corrected chi connectivity index (χ4v) is 2.66. The highest BCUT2D eigenvalue weighted by molar-refractivity contribution is 5.91. The Hall–Kier alpha value is -1.63. The summed E-state index contributed by atoms with van der Waals surface area (Å²) in [5.74, 6) is -2.07. The van der Waals surface area contributed by atoms with Crippen molar-refractivity contribution < 1.29 is 19.5 Å². The Balaban J connectivity index is 4.77. The summed E-state index contributed by atoms with van der Waals surface area (Å²) in [6.07, 6.45) is 6.48. The maximum Gasteiger partial charge on any atom is 0.326 e. The van der Waals surface area contributed by atoms with Crippen LogP contribution < -0.4 is 16.4 Å². The van der Waals surface area contributed by atoms with Gasteiger partial charge in [-0.3, -0.25) is 9.59 Å². The molecule has 26 heavy (non-hydrogen) atoms. The lowest BCUT2D eigenvalue weighted by atomic mass is 10.0. The lowest BCUT2D eigenvalue weighted by molar-refractivity contribution is -0.142. The van der Waals surface area contributed by atoms with Gasteiger partial charge in [0.05, 0.1) is 6.04 Å². The van der Waals surface area contributed by atoms with E-state index in [1.165, 1.54) is 0 Å². The van der Waals surface area contributed by atoms with Crippen LogP contribution in [0.15, 0.2) is 0 Å². The maximum absolute atomic E-state index is 12.5. The zero-order valence-electron chi connectivity index (χ0n) is 16.7. The highest BCUT2D eigenvalue weighted by Crippen LogP contribution is 2.08. The summed E-state index contributed by atoms with van der Waals surface area (Å²) in [5, 5.41) is 14.6. The van der Waals surface area contributed by atoms with Crippen molar-refractivity contribution in [3.05, 3.63) is 0 Å². The van der Waals surface area contributed by atoms with Gasteiger partial charge < -0.3 is 21.5 Å². The van der Waals surface area contributed by atoms with E-state index in [1.807, 2.05) is 6.92 Å². The summed E-state index contributed by atoms with van der Waals surface area (Å²) in [6.45, 7) is 7.71. The molecule has 152 valence electrons. The summed E-state index contributed by atoms with van der Waals surface area (Å²) in [4.78, 5) is 36.2. The van der Waals surface area contributed by atoms with Crippen molar-refractivity contribution in [2.24, 2.45) is 11.7 Å². The molecule has 7 heteroatoms. The van der Waals surface area contributed by atoms with E-state index in [4.69, 9.17) is 5.73 Å². The number of carboxylic acids is 1. The number of hydrogen-bond donors (Lipinski definition) is 4. The molecule has 3 unspecified atom stereocenters. The monoisotopic (exact) mass is 371 g/mol. The fraction of sp³-hybridized carbons (Fsp3) is 0.842. The average molecular weight is 372 g/mol. The van der Waals surface area contributed by atoms with Crippen LogP contribution in [-0.4, -0.2) is 41.0 Å². The molecule has 0 aliphatic carbocycles. The van der Waals surface area contributed by atoms with Gasteiger partial charge in [-0.15, -0.1) is 0 Å². The van der Waals surface area contributed by atoms with Gasteiger partial charge in [0, 0.05) is 0 Å². The van der Waals surface area contributed by atoms with Crippen LogP contribution in [0.2, 0.25) is 0 Å². The molecule has 0 saturated carbocycles. The lowest BCUT2D eigenvalue weighted by Gasteiger charge is -2.25. The third-order valence-electron chi connectivity index (χ3n) is 4.41. The zero-order valence-corrected chi connectivity index (χ0v) is 16.7. The SMILES string of the molecule is CCCCCC(N)C(=O)NC(C(=O)NC(CCCCC)C(=O)O)C(C)C. The number of rotatable bonds is 14. The predicted octanol–water partition coefficient (Wildman–Crippen LogP) is 2.18. The average Bonchev–Trinajstić information content (AvgIpc) is 2.58. The molecular formula is C19H37N3O4. The van der Waals surface area contributed by atoms with Crippen molar-refractivity contribution >= 4 is 17.8 Å².